The Labute approximate surface area is 161 Å². The monoisotopic (exact) mass is 402 g/mol. The number of hydrogen-bond donors (Lipinski definition) is 2. The molecule has 0 aromatic heterocycles. The predicted octanol–water partition coefficient (Wildman–Crippen LogP) is 2.10. The fourth-order valence-electron chi connectivity index (χ4n) is 3.67. The van der Waals surface area contributed by atoms with Crippen molar-refractivity contribution in [3.63, 3.8) is 0 Å². The van der Waals surface area contributed by atoms with Crippen LogP contribution in [0.25, 0.3) is 0 Å². The highest BCUT2D eigenvalue weighted by Gasteiger charge is 2.30. The highest BCUT2D eigenvalue weighted by molar-refractivity contribution is 7.90. The van der Waals surface area contributed by atoms with Crippen LogP contribution in [0.5, 0.6) is 5.75 Å². The normalized spacial score (nSPS) is 22.9. The van der Waals surface area contributed by atoms with E-state index in [1.54, 1.807) is 6.07 Å². The summed E-state index contributed by atoms with van der Waals surface area (Å²) >= 11 is 0. The van der Waals surface area contributed by atoms with E-state index < -0.39 is 9.84 Å². The Morgan fingerprint density at radius 3 is 2.73 bits per heavy atom. The predicted molar refractivity (Wildman–Crippen MR) is 103 cm³/mol. The first-order valence-corrected chi connectivity index (χ1v) is 10.8. The highest BCUT2D eigenvalue weighted by atomic mass is 35.5. The fraction of sp³-hybridized carbons (Fsp3) is 0.611. The summed E-state index contributed by atoms with van der Waals surface area (Å²) in [5.74, 6) is 0.253. The fourth-order valence-corrected chi connectivity index (χ4v) is 4.36. The van der Waals surface area contributed by atoms with Crippen molar-refractivity contribution in [2.24, 2.45) is 0 Å². The van der Waals surface area contributed by atoms with E-state index in [1.165, 1.54) is 6.07 Å². The zero-order chi connectivity index (χ0) is 18.2. The first-order chi connectivity index (χ1) is 11.8. The van der Waals surface area contributed by atoms with Gasteiger partial charge in [0.1, 0.15) is 11.9 Å². The lowest BCUT2D eigenvalue weighted by Gasteiger charge is -2.24. The Hall–Kier alpha value is -1.31. The number of rotatable bonds is 5. The molecule has 1 saturated heterocycles. The van der Waals surface area contributed by atoms with Gasteiger partial charge in [0.15, 0.2) is 9.84 Å². The van der Waals surface area contributed by atoms with Crippen LogP contribution in [0.1, 0.15) is 49.0 Å². The van der Waals surface area contributed by atoms with Gasteiger partial charge in [-0.25, -0.2) is 8.42 Å². The van der Waals surface area contributed by atoms with Crippen molar-refractivity contribution in [3.05, 3.63) is 23.3 Å². The summed E-state index contributed by atoms with van der Waals surface area (Å²) < 4.78 is 29.8. The quantitative estimate of drug-likeness (QED) is 0.787. The van der Waals surface area contributed by atoms with Gasteiger partial charge in [0, 0.05) is 24.8 Å². The Morgan fingerprint density at radius 1 is 1.42 bits per heavy atom. The Balaban J connectivity index is 0.00000243. The molecule has 1 amide bonds. The number of nitrogens with one attached hydrogen (secondary N) is 2. The molecule has 2 aliphatic heterocycles. The van der Waals surface area contributed by atoms with Crippen molar-refractivity contribution in [2.45, 2.75) is 62.6 Å². The molecule has 2 heterocycles. The van der Waals surface area contributed by atoms with Crippen molar-refractivity contribution < 1.29 is 17.9 Å². The van der Waals surface area contributed by atoms with Crippen molar-refractivity contribution in [2.75, 3.05) is 12.8 Å². The number of amides is 1. The third kappa shape index (κ3) is 4.32. The van der Waals surface area contributed by atoms with Gasteiger partial charge < -0.3 is 15.4 Å². The van der Waals surface area contributed by atoms with E-state index in [1.807, 2.05) is 13.8 Å². The van der Waals surface area contributed by atoms with Crippen LogP contribution in [0.4, 0.5) is 0 Å². The second-order valence-electron chi connectivity index (χ2n) is 7.05. The number of carbonyl (C=O) groups excluding carboxylic acids is 1. The van der Waals surface area contributed by atoms with Gasteiger partial charge in [0.25, 0.3) is 5.91 Å². The van der Waals surface area contributed by atoms with Crippen LogP contribution < -0.4 is 15.4 Å². The third-order valence-corrected chi connectivity index (χ3v) is 6.07. The molecule has 3 atom stereocenters. The average Bonchev–Trinajstić information content (AvgIpc) is 3.18. The van der Waals surface area contributed by atoms with Crippen LogP contribution in [0, 0.1) is 0 Å². The highest BCUT2D eigenvalue weighted by Crippen LogP contribution is 2.35. The number of benzene rings is 1. The number of ether oxygens (including phenoxy) is 1. The zero-order valence-electron chi connectivity index (χ0n) is 15.4. The molecule has 1 aromatic rings. The molecule has 0 bridgehead atoms. The molecular formula is C18H27ClN2O4S. The van der Waals surface area contributed by atoms with Gasteiger partial charge in [-0.3, -0.25) is 4.79 Å². The van der Waals surface area contributed by atoms with Gasteiger partial charge in [0.2, 0.25) is 0 Å². The SMILES string of the molecule is CCC(NC(=O)c1cc(S(C)(=O)=O)cc2c1OC(C)C2)C1CCCN1.Cl. The number of hydrogen-bond acceptors (Lipinski definition) is 5. The molecule has 0 saturated carbocycles. The second-order valence-corrected chi connectivity index (χ2v) is 9.07. The van der Waals surface area contributed by atoms with E-state index in [0.29, 0.717) is 17.7 Å². The molecule has 0 radical (unpaired) electrons. The summed E-state index contributed by atoms with van der Waals surface area (Å²) in [6, 6.07) is 3.35. The summed E-state index contributed by atoms with van der Waals surface area (Å²) in [6.07, 6.45) is 4.67. The molecule has 6 nitrogen and oxygen atoms in total. The van der Waals surface area contributed by atoms with E-state index in [9.17, 15) is 13.2 Å². The van der Waals surface area contributed by atoms with E-state index in [-0.39, 0.29) is 41.4 Å². The van der Waals surface area contributed by atoms with E-state index >= 15 is 0 Å². The third-order valence-electron chi connectivity index (χ3n) is 4.98. The van der Waals surface area contributed by atoms with Gasteiger partial charge in [0.05, 0.1) is 10.5 Å². The molecule has 2 N–H and O–H groups in total. The largest absolute Gasteiger partial charge is 0.489 e. The number of fused-ring (bicyclic) bond motifs is 1. The first-order valence-electron chi connectivity index (χ1n) is 8.87. The van der Waals surface area contributed by atoms with E-state index in [0.717, 1.165) is 37.6 Å². The maximum atomic E-state index is 12.9. The lowest BCUT2D eigenvalue weighted by Crippen LogP contribution is -2.47. The topological polar surface area (TPSA) is 84.5 Å². The maximum Gasteiger partial charge on any atom is 0.255 e. The summed E-state index contributed by atoms with van der Waals surface area (Å²) in [5.41, 5.74) is 1.10. The molecule has 0 spiro atoms. The molecule has 1 fully saturated rings. The first kappa shape index (κ1) is 21.0. The minimum Gasteiger partial charge on any atom is -0.489 e. The molecule has 0 aliphatic carbocycles. The van der Waals surface area contributed by atoms with Crippen molar-refractivity contribution in [1.82, 2.24) is 10.6 Å². The smallest absolute Gasteiger partial charge is 0.255 e. The summed E-state index contributed by atoms with van der Waals surface area (Å²) in [4.78, 5) is 13.1. The van der Waals surface area contributed by atoms with Crippen LogP contribution in [-0.2, 0) is 16.3 Å². The van der Waals surface area contributed by atoms with Gasteiger partial charge in [-0.2, -0.15) is 0 Å². The molecule has 146 valence electrons. The zero-order valence-corrected chi connectivity index (χ0v) is 17.0. The molecule has 1 aromatic carbocycles. The van der Waals surface area contributed by atoms with Crippen LogP contribution >= 0.6 is 12.4 Å². The van der Waals surface area contributed by atoms with Gasteiger partial charge in [-0.15, -0.1) is 12.4 Å². The minimum atomic E-state index is -3.40. The van der Waals surface area contributed by atoms with Gasteiger partial charge >= 0.3 is 0 Å². The molecule has 26 heavy (non-hydrogen) atoms. The van der Waals surface area contributed by atoms with E-state index in [2.05, 4.69) is 10.6 Å². The van der Waals surface area contributed by atoms with Crippen LogP contribution in [0.15, 0.2) is 17.0 Å². The second kappa shape index (κ2) is 8.15. The summed E-state index contributed by atoms with van der Waals surface area (Å²) in [6.45, 7) is 4.93. The lowest BCUT2D eigenvalue weighted by atomic mass is 10.0. The van der Waals surface area contributed by atoms with E-state index in [4.69, 9.17) is 4.74 Å². The Kier molecular flexibility index (Phi) is 6.58. The van der Waals surface area contributed by atoms with Crippen molar-refractivity contribution in [3.8, 4) is 5.75 Å². The standard InChI is InChI=1S/C18H26N2O4S.ClH/c1-4-15(16-6-5-7-19-16)20-18(21)14-10-13(25(3,22)23)9-12-8-11(2)24-17(12)14;/h9-11,15-16,19H,4-8H2,1-3H3,(H,20,21);1H. The number of carbonyl (C=O) groups is 1. The Bertz CT molecular complexity index is 776. The molecule has 2 aliphatic rings. The van der Waals surface area contributed by atoms with Crippen LogP contribution in [0.3, 0.4) is 0 Å². The summed E-state index contributed by atoms with van der Waals surface area (Å²) in [7, 11) is -3.40. The van der Waals surface area contributed by atoms with Gasteiger partial charge in [-0.1, -0.05) is 6.92 Å². The van der Waals surface area contributed by atoms with Crippen molar-refractivity contribution >= 4 is 28.2 Å². The number of sulfone groups is 1. The minimum absolute atomic E-state index is 0. The average molecular weight is 403 g/mol. The number of halogens is 1. The molecule has 3 unspecified atom stereocenters. The maximum absolute atomic E-state index is 12.9. The van der Waals surface area contributed by atoms with Crippen LogP contribution in [0.2, 0.25) is 0 Å². The molecule has 8 heteroatoms. The Morgan fingerprint density at radius 2 is 2.15 bits per heavy atom. The van der Waals surface area contributed by atoms with Gasteiger partial charge in [-0.05, 0) is 50.4 Å². The molecule has 3 rings (SSSR count). The molecular weight excluding hydrogens is 376 g/mol. The lowest BCUT2D eigenvalue weighted by molar-refractivity contribution is 0.0922. The van der Waals surface area contributed by atoms with Crippen molar-refractivity contribution in [1.29, 1.82) is 0 Å². The summed E-state index contributed by atoms with van der Waals surface area (Å²) in [5, 5.41) is 6.49. The van der Waals surface area contributed by atoms with Crippen LogP contribution in [-0.4, -0.2) is 45.3 Å².